The molecule has 2 aromatic rings. The van der Waals surface area contributed by atoms with Gasteiger partial charge < -0.3 is 10.5 Å². The molecule has 2 unspecified atom stereocenters. The van der Waals surface area contributed by atoms with E-state index in [1.165, 1.54) is 11.1 Å². The summed E-state index contributed by atoms with van der Waals surface area (Å²) in [5.74, 6) is 0.929. The topological polar surface area (TPSA) is 35.2 Å². The molecule has 0 fully saturated rings. The second kappa shape index (κ2) is 6.58. The van der Waals surface area contributed by atoms with Crippen LogP contribution in [0.15, 0.2) is 48.5 Å². The van der Waals surface area contributed by atoms with Gasteiger partial charge in [0.25, 0.3) is 0 Å². The summed E-state index contributed by atoms with van der Waals surface area (Å²) in [5.41, 5.74) is 9.70. The zero-order chi connectivity index (χ0) is 14.5. The molecule has 2 atom stereocenters. The van der Waals surface area contributed by atoms with E-state index in [0.29, 0.717) is 0 Å². The first-order valence-corrected chi connectivity index (χ1v) is 7.18. The number of benzene rings is 2. The molecule has 2 aromatic carbocycles. The lowest BCUT2D eigenvalue weighted by molar-refractivity contribution is 0.179. The van der Waals surface area contributed by atoms with Gasteiger partial charge in [0.15, 0.2) is 0 Å². The summed E-state index contributed by atoms with van der Waals surface area (Å²) in [4.78, 5) is 0. The Morgan fingerprint density at radius 2 is 1.70 bits per heavy atom. The molecule has 0 aliphatic heterocycles. The molecule has 0 spiro atoms. The van der Waals surface area contributed by atoms with Crippen LogP contribution in [0.5, 0.6) is 5.75 Å². The first kappa shape index (κ1) is 14.6. The van der Waals surface area contributed by atoms with Crippen LogP contribution in [0.25, 0.3) is 0 Å². The van der Waals surface area contributed by atoms with Gasteiger partial charge in [0.2, 0.25) is 0 Å². The third-order valence-corrected chi connectivity index (χ3v) is 3.49. The molecule has 2 heteroatoms. The zero-order valence-corrected chi connectivity index (χ0v) is 12.5. The van der Waals surface area contributed by atoms with Crippen molar-refractivity contribution in [1.29, 1.82) is 0 Å². The van der Waals surface area contributed by atoms with Gasteiger partial charge in [-0.2, -0.15) is 0 Å². The van der Waals surface area contributed by atoms with Crippen LogP contribution >= 0.6 is 0 Å². The fourth-order valence-electron chi connectivity index (χ4n) is 2.28. The normalized spacial score (nSPS) is 13.8. The first-order chi connectivity index (χ1) is 9.61. The summed E-state index contributed by atoms with van der Waals surface area (Å²) in [5, 5.41) is 0. The van der Waals surface area contributed by atoms with Crippen molar-refractivity contribution in [1.82, 2.24) is 0 Å². The molecule has 0 aliphatic carbocycles. The molecule has 0 saturated heterocycles. The van der Waals surface area contributed by atoms with Gasteiger partial charge in [-0.3, -0.25) is 0 Å². The van der Waals surface area contributed by atoms with E-state index in [1.54, 1.807) is 0 Å². The molecule has 0 bridgehead atoms. The molecule has 0 heterocycles. The van der Waals surface area contributed by atoms with Gasteiger partial charge in [0.1, 0.15) is 11.9 Å². The van der Waals surface area contributed by atoms with E-state index in [-0.39, 0.29) is 12.1 Å². The number of aryl methyl sites for hydroxylation is 2. The SMILES string of the molecule is CCc1ccccc1OC(c1ccc(C)cc1)C(C)N. The van der Waals surface area contributed by atoms with E-state index in [4.69, 9.17) is 10.5 Å². The number of nitrogens with two attached hydrogens (primary N) is 1. The van der Waals surface area contributed by atoms with E-state index < -0.39 is 0 Å². The molecule has 2 N–H and O–H groups in total. The Hall–Kier alpha value is -1.80. The summed E-state index contributed by atoms with van der Waals surface area (Å²) >= 11 is 0. The predicted molar refractivity (Wildman–Crippen MR) is 84.0 cm³/mol. The summed E-state index contributed by atoms with van der Waals surface area (Å²) in [7, 11) is 0. The molecule has 0 aromatic heterocycles. The van der Waals surface area contributed by atoms with Gasteiger partial charge in [-0.25, -0.2) is 0 Å². The Kier molecular flexibility index (Phi) is 4.80. The molecular weight excluding hydrogens is 246 g/mol. The molecule has 2 rings (SSSR count). The Morgan fingerprint density at radius 1 is 1.05 bits per heavy atom. The minimum absolute atomic E-state index is 0.0670. The lowest BCUT2D eigenvalue weighted by Gasteiger charge is -2.24. The van der Waals surface area contributed by atoms with Crippen molar-refractivity contribution in [2.24, 2.45) is 5.73 Å². The summed E-state index contributed by atoms with van der Waals surface area (Å²) in [6, 6.07) is 16.5. The fraction of sp³-hybridized carbons (Fsp3) is 0.333. The van der Waals surface area contributed by atoms with E-state index in [1.807, 2.05) is 25.1 Å². The smallest absolute Gasteiger partial charge is 0.138 e. The van der Waals surface area contributed by atoms with E-state index in [9.17, 15) is 0 Å². The highest BCUT2D eigenvalue weighted by Crippen LogP contribution is 2.27. The number of para-hydroxylation sites is 1. The minimum Gasteiger partial charge on any atom is -0.484 e. The van der Waals surface area contributed by atoms with Crippen molar-refractivity contribution in [3.05, 3.63) is 65.2 Å². The molecule has 0 radical (unpaired) electrons. The molecule has 20 heavy (non-hydrogen) atoms. The predicted octanol–water partition coefficient (Wildman–Crippen LogP) is 4.02. The molecule has 0 amide bonds. The number of ether oxygens (including phenoxy) is 1. The van der Waals surface area contributed by atoms with Crippen molar-refractivity contribution in [3.8, 4) is 5.75 Å². The minimum atomic E-state index is -0.122. The van der Waals surface area contributed by atoms with Crippen LogP contribution in [0.2, 0.25) is 0 Å². The average Bonchev–Trinajstić information content (AvgIpc) is 2.46. The highest BCUT2D eigenvalue weighted by Gasteiger charge is 2.19. The monoisotopic (exact) mass is 269 g/mol. The Labute approximate surface area is 121 Å². The third kappa shape index (κ3) is 3.40. The lowest BCUT2D eigenvalue weighted by Crippen LogP contribution is -2.29. The van der Waals surface area contributed by atoms with Crippen LogP contribution in [-0.4, -0.2) is 6.04 Å². The standard InChI is InChI=1S/C18H23NO/c1-4-15-7-5-6-8-17(15)20-18(14(3)19)16-11-9-13(2)10-12-16/h5-12,14,18H,4,19H2,1-3H3. The summed E-state index contributed by atoms with van der Waals surface area (Å²) in [6.45, 7) is 6.20. The fourth-order valence-corrected chi connectivity index (χ4v) is 2.28. The van der Waals surface area contributed by atoms with Gasteiger partial charge in [0, 0.05) is 6.04 Å². The van der Waals surface area contributed by atoms with Gasteiger partial charge in [-0.15, -0.1) is 0 Å². The van der Waals surface area contributed by atoms with Crippen molar-refractivity contribution < 1.29 is 4.74 Å². The summed E-state index contributed by atoms with van der Waals surface area (Å²) in [6.07, 6.45) is 0.832. The number of hydrogen-bond donors (Lipinski definition) is 1. The molecule has 0 saturated carbocycles. The van der Waals surface area contributed by atoms with Gasteiger partial charge >= 0.3 is 0 Å². The molecule has 0 aliphatic rings. The van der Waals surface area contributed by atoms with E-state index in [2.05, 4.69) is 44.2 Å². The second-order valence-corrected chi connectivity index (χ2v) is 5.27. The quantitative estimate of drug-likeness (QED) is 0.889. The van der Waals surface area contributed by atoms with Crippen molar-refractivity contribution in [2.45, 2.75) is 39.3 Å². The average molecular weight is 269 g/mol. The van der Waals surface area contributed by atoms with E-state index >= 15 is 0 Å². The Bertz CT molecular complexity index is 546. The van der Waals surface area contributed by atoms with Crippen LogP contribution in [0.4, 0.5) is 0 Å². The first-order valence-electron chi connectivity index (χ1n) is 7.18. The Morgan fingerprint density at radius 3 is 2.30 bits per heavy atom. The van der Waals surface area contributed by atoms with Crippen LogP contribution in [-0.2, 0) is 6.42 Å². The number of rotatable bonds is 5. The van der Waals surface area contributed by atoms with Gasteiger partial charge in [-0.1, -0.05) is 55.0 Å². The third-order valence-electron chi connectivity index (χ3n) is 3.49. The lowest BCUT2D eigenvalue weighted by atomic mass is 10.0. The highest BCUT2D eigenvalue weighted by molar-refractivity contribution is 5.34. The largest absolute Gasteiger partial charge is 0.484 e. The Balaban J connectivity index is 2.28. The molecule has 2 nitrogen and oxygen atoms in total. The van der Waals surface area contributed by atoms with Crippen molar-refractivity contribution in [2.75, 3.05) is 0 Å². The van der Waals surface area contributed by atoms with Crippen molar-refractivity contribution in [3.63, 3.8) is 0 Å². The van der Waals surface area contributed by atoms with Gasteiger partial charge in [0.05, 0.1) is 0 Å². The van der Waals surface area contributed by atoms with Crippen LogP contribution in [0, 0.1) is 6.92 Å². The maximum absolute atomic E-state index is 6.20. The second-order valence-electron chi connectivity index (χ2n) is 5.27. The van der Waals surface area contributed by atoms with E-state index in [0.717, 1.165) is 17.7 Å². The van der Waals surface area contributed by atoms with Crippen LogP contribution in [0.1, 0.15) is 36.6 Å². The van der Waals surface area contributed by atoms with Crippen molar-refractivity contribution >= 4 is 0 Å². The maximum atomic E-state index is 6.20. The van der Waals surface area contributed by atoms with Gasteiger partial charge in [-0.05, 0) is 37.5 Å². The maximum Gasteiger partial charge on any atom is 0.138 e. The molecular formula is C18H23NO. The highest BCUT2D eigenvalue weighted by atomic mass is 16.5. The zero-order valence-electron chi connectivity index (χ0n) is 12.5. The molecule has 106 valence electrons. The summed E-state index contributed by atoms with van der Waals surface area (Å²) < 4.78 is 6.20. The van der Waals surface area contributed by atoms with Crippen LogP contribution < -0.4 is 10.5 Å². The van der Waals surface area contributed by atoms with Crippen LogP contribution in [0.3, 0.4) is 0 Å². The number of hydrogen-bond acceptors (Lipinski definition) is 2.